The highest BCUT2D eigenvalue weighted by Crippen LogP contribution is 2.25. The molecular formula is C21H13BrN2O4. The van der Waals surface area contributed by atoms with E-state index < -0.39 is 11.7 Å². The quantitative estimate of drug-likeness (QED) is 0.383. The van der Waals surface area contributed by atoms with Crippen LogP contribution in [0.4, 0.5) is 0 Å². The number of benzene rings is 2. The molecule has 0 fully saturated rings. The van der Waals surface area contributed by atoms with Crippen LogP contribution in [0.1, 0.15) is 28.1 Å². The molecule has 0 amide bonds. The lowest BCUT2D eigenvalue weighted by Crippen LogP contribution is -2.10. The van der Waals surface area contributed by atoms with Gasteiger partial charge in [-0.3, -0.25) is 4.79 Å². The van der Waals surface area contributed by atoms with Gasteiger partial charge in [0, 0.05) is 4.47 Å². The first-order chi connectivity index (χ1) is 13.6. The molecule has 1 atom stereocenters. The standard InChI is InChI=1S/C21H13BrN2O4/c22-13-5-7-14(8-6-13)26-12-15-9-10-19(27-15)20(25)16(11-23)21-24-17-3-1-2-4-18(17)28-21/h1-10,16H,12H2/t16-/m1/s1. The average Bonchev–Trinajstić information content (AvgIpc) is 3.35. The van der Waals surface area contributed by atoms with Crippen LogP contribution in [0.5, 0.6) is 5.75 Å². The molecule has 2 aromatic heterocycles. The number of aromatic nitrogens is 1. The van der Waals surface area contributed by atoms with Gasteiger partial charge in [0.05, 0.1) is 6.07 Å². The summed E-state index contributed by atoms with van der Waals surface area (Å²) in [6, 6.07) is 19.6. The van der Waals surface area contributed by atoms with Crippen molar-refractivity contribution < 1.29 is 18.4 Å². The molecule has 2 aromatic carbocycles. The fraction of sp³-hybridized carbons (Fsp3) is 0.0952. The van der Waals surface area contributed by atoms with Gasteiger partial charge >= 0.3 is 0 Å². The van der Waals surface area contributed by atoms with Crippen LogP contribution in [-0.4, -0.2) is 10.8 Å². The van der Waals surface area contributed by atoms with Crippen molar-refractivity contribution in [3.63, 3.8) is 0 Å². The lowest BCUT2D eigenvalue weighted by atomic mass is 10.0. The highest BCUT2D eigenvalue weighted by Gasteiger charge is 2.29. The minimum atomic E-state index is -1.18. The van der Waals surface area contributed by atoms with Crippen molar-refractivity contribution in [1.29, 1.82) is 5.26 Å². The molecule has 0 aliphatic carbocycles. The Labute approximate surface area is 168 Å². The van der Waals surface area contributed by atoms with E-state index in [9.17, 15) is 10.1 Å². The normalized spacial score (nSPS) is 11.9. The number of oxazole rings is 1. The maximum absolute atomic E-state index is 12.7. The Morgan fingerprint density at radius 1 is 1.11 bits per heavy atom. The Hall–Kier alpha value is -3.37. The molecule has 0 aliphatic heterocycles. The Kier molecular flexibility index (Phi) is 4.96. The van der Waals surface area contributed by atoms with Crippen molar-refractivity contribution >= 4 is 32.8 Å². The van der Waals surface area contributed by atoms with Gasteiger partial charge in [-0.15, -0.1) is 0 Å². The van der Waals surface area contributed by atoms with Crippen LogP contribution in [-0.2, 0) is 6.61 Å². The number of nitrogens with zero attached hydrogens (tertiary/aromatic N) is 2. The predicted octanol–water partition coefficient (Wildman–Crippen LogP) is 5.25. The molecule has 28 heavy (non-hydrogen) atoms. The van der Waals surface area contributed by atoms with E-state index in [0.717, 1.165) is 4.47 Å². The molecule has 138 valence electrons. The molecule has 0 aliphatic rings. The number of para-hydroxylation sites is 2. The molecule has 2 heterocycles. The van der Waals surface area contributed by atoms with E-state index in [1.165, 1.54) is 6.07 Å². The van der Waals surface area contributed by atoms with E-state index in [1.807, 2.05) is 36.4 Å². The van der Waals surface area contributed by atoms with Gasteiger partial charge in [-0.05, 0) is 48.5 Å². The summed E-state index contributed by atoms with van der Waals surface area (Å²) in [7, 11) is 0. The SMILES string of the molecule is N#C[C@H](C(=O)c1ccc(COc2ccc(Br)cc2)o1)c1nc2ccccc2o1. The first-order valence-electron chi connectivity index (χ1n) is 8.40. The Morgan fingerprint density at radius 2 is 1.89 bits per heavy atom. The molecule has 4 aromatic rings. The lowest BCUT2D eigenvalue weighted by Gasteiger charge is -2.04. The van der Waals surface area contributed by atoms with Gasteiger partial charge in [-0.25, -0.2) is 4.98 Å². The van der Waals surface area contributed by atoms with Gasteiger partial charge in [0.15, 0.2) is 17.3 Å². The summed E-state index contributed by atoms with van der Waals surface area (Å²) in [6.07, 6.45) is 0. The summed E-state index contributed by atoms with van der Waals surface area (Å²) < 4.78 is 17.7. The van der Waals surface area contributed by atoms with Gasteiger partial charge in [-0.2, -0.15) is 5.26 Å². The Balaban J connectivity index is 1.49. The Morgan fingerprint density at radius 3 is 2.64 bits per heavy atom. The number of halogens is 1. The number of hydrogen-bond donors (Lipinski definition) is 0. The predicted molar refractivity (Wildman–Crippen MR) is 104 cm³/mol. The topological polar surface area (TPSA) is 89.3 Å². The first-order valence-corrected chi connectivity index (χ1v) is 9.20. The van der Waals surface area contributed by atoms with E-state index >= 15 is 0 Å². The van der Waals surface area contributed by atoms with Crippen LogP contribution in [0.25, 0.3) is 11.1 Å². The highest BCUT2D eigenvalue weighted by molar-refractivity contribution is 9.10. The zero-order chi connectivity index (χ0) is 19.5. The summed E-state index contributed by atoms with van der Waals surface area (Å²) in [5.41, 5.74) is 1.11. The molecule has 6 nitrogen and oxygen atoms in total. The van der Waals surface area contributed by atoms with Crippen LogP contribution in [0.2, 0.25) is 0 Å². The number of furan rings is 1. The summed E-state index contributed by atoms with van der Waals surface area (Å²) in [6.45, 7) is 0.162. The van der Waals surface area contributed by atoms with Gasteiger partial charge in [0.1, 0.15) is 23.6 Å². The van der Waals surface area contributed by atoms with Crippen molar-refractivity contribution in [2.45, 2.75) is 12.5 Å². The molecule has 0 spiro atoms. The van der Waals surface area contributed by atoms with Crippen molar-refractivity contribution in [3.8, 4) is 11.8 Å². The second-order valence-corrected chi connectivity index (χ2v) is 6.87. The summed E-state index contributed by atoms with van der Waals surface area (Å²) in [5.74, 6) is -0.432. The molecule has 4 rings (SSSR count). The number of Topliss-reactive ketones (excluding diaryl/α,β-unsaturated/α-hetero) is 1. The second kappa shape index (κ2) is 7.71. The number of nitriles is 1. The summed E-state index contributed by atoms with van der Waals surface area (Å²) in [4.78, 5) is 17.0. The van der Waals surface area contributed by atoms with Gasteiger partial charge < -0.3 is 13.6 Å². The second-order valence-electron chi connectivity index (χ2n) is 5.95. The minimum Gasteiger partial charge on any atom is -0.486 e. The van der Waals surface area contributed by atoms with Gasteiger partial charge in [0.2, 0.25) is 11.7 Å². The zero-order valence-electron chi connectivity index (χ0n) is 14.5. The average molecular weight is 437 g/mol. The molecular weight excluding hydrogens is 424 g/mol. The number of rotatable bonds is 6. The monoisotopic (exact) mass is 436 g/mol. The Bertz CT molecular complexity index is 1140. The van der Waals surface area contributed by atoms with Gasteiger partial charge in [0.25, 0.3) is 0 Å². The molecule has 0 N–H and O–H groups in total. The van der Waals surface area contributed by atoms with Crippen molar-refractivity contribution in [2.24, 2.45) is 0 Å². The molecule has 0 bridgehead atoms. The number of hydrogen-bond acceptors (Lipinski definition) is 6. The lowest BCUT2D eigenvalue weighted by molar-refractivity contribution is 0.0939. The van der Waals surface area contributed by atoms with Crippen LogP contribution in [0.3, 0.4) is 0 Å². The van der Waals surface area contributed by atoms with Crippen molar-refractivity contribution in [2.75, 3.05) is 0 Å². The number of ketones is 1. The maximum atomic E-state index is 12.7. The molecule has 0 saturated carbocycles. The third-order valence-electron chi connectivity index (χ3n) is 4.05. The first kappa shape index (κ1) is 18.0. The fourth-order valence-corrected chi connectivity index (χ4v) is 2.92. The van der Waals surface area contributed by atoms with E-state index in [0.29, 0.717) is 22.6 Å². The van der Waals surface area contributed by atoms with Gasteiger partial charge in [-0.1, -0.05) is 28.1 Å². The molecule has 0 radical (unpaired) electrons. The van der Waals surface area contributed by atoms with Crippen molar-refractivity contribution in [3.05, 3.63) is 82.5 Å². The van der Waals surface area contributed by atoms with E-state index in [4.69, 9.17) is 13.6 Å². The fourth-order valence-electron chi connectivity index (χ4n) is 2.65. The van der Waals surface area contributed by atoms with E-state index in [-0.39, 0.29) is 18.3 Å². The molecule has 0 unspecified atom stereocenters. The summed E-state index contributed by atoms with van der Waals surface area (Å²) >= 11 is 3.36. The minimum absolute atomic E-state index is 0.0535. The van der Waals surface area contributed by atoms with E-state index in [2.05, 4.69) is 20.9 Å². The molecule has 0 saturated heterocycles. The third kappa shape index (κ3) is 3.68. The summed E-state index contributed by atoms with van der Waals surface area (Å²) in [5, 5.41) is 9.48. The highest BCUT2D eigenvalue weighted by atomic mass is 79.9. The molecule has 7 heteroatoms. The van der Waals surface area contributed by atoms with E-state index in [1.54, 1.807) is 24.3 Å². The number of carbonyl (C=O) groups excluding carboxylic acids is 1. The third-order valence-corrected chi connectivity index (χ3v) is 4.58. The number of ether oxygens (including phenoxy) is 1. The van der Waals surface area contributed by atoms with Crippen LogP contribution < -0.4 is 4.74 Å². The largest absolute Gasteiger partial charge is 0.486 e. The van der Waals surface area contributed by atoms with Crippen LogP contribution >= 0.6 is 15.9 Å². The smallest absolute Gasteiger partial charge is 0.224 e. The van der Waals surface area contributed by atoms with Crippen LogP contribution in [0.15, 0.2) is 74.0 Å². The number of carbonyl (C=O) groups is 1. The van der Waals surface area contributed by atoms with Crippen molar-refractivity contribution in [1.82, 2.24) is 4.98 Å². The van der Waals surface area contributed by atoms with Crippen LogP contribution in [0, 0.1) is 11.3 Å². The number of fused-ring (bicyclic) bond motifs is 1. The maximum Gasteiger partial charge on any atom is 0.224 e. The zero-order valence-corrected chi connectivity index (χ0v) is 16.0.